The van der Waals surface area contributed by atoms with Gasteiger partial charge in [-0.3, -0.25) is 9.48 Å². The lowest BCUT2D eigenvalue weighted by Crippen LogP contribution is -2.41. The van der Waals surface area contributed by atoms with E-state index in [0.29, 0.717) is 33.4 Å². The van der Waals surface area contributed by atoms with Crippen molar-refractivity contribution in [1.82, 2.24) is 19.7 Å². The van der Waals surface area contributed by atoms with Gasteiger partial charge >= 0.3 is 6.18 Å². The van der Waals surface area contributed by atoms with Crippen molar-refractivity contribution in [2.24, 2.45) is 7.05 Å². The van der Waals surface area contributed by atoms with Crippen LogP contribution in [0.4, 0.5) is 19.0 Å². The Morgan fingerprint density at radius 2 is 1.94 bits per heavy atom. The Bertz CT molecular complexity index is 1490. The van der Waals surface area contributed by atoms with Crippen molar-refractivity contribution in [3.8, 4) is 0 Å². The number of carbonyl (C=O) groups excluding carboxylic acids is 1. The number of amides is 1. The van der Waals surface area contributed by atoms with Gasteiger partial charge in [0.25, 0.3) is 5.91 Å². The molecule has 3 heterocycles. The number of alkyl halides is 3. The third-order valence-electron chi connectivity index (χ3n) is 6.73. The average Bonchev–Trinajstić information content (AvgIpc) is 3.20. The van der Waals surface area contributed by atoms with Crippen molar-refractivity contribution < 1.29 is 22.7 Å². The van der Waals surface area contributed by atoms with E-state index in [-0.39, 0.29) is 12.5 Å². The van der Waals surface area contributed by atoms with Crippen LogP contribution in [0.5, 0.6) is 0 Å². The Morgan fingerprint density at radius 3 is 2.66 bits per heavy atom. The normalized spacial score (nSPS) is 17.5. The van der Waals surface area contributed by atoms with Gasteiger partial charge in [0.15, 0.2) is 0 Å². The van der Waals surface area contributed by atoms with Crippen LogP contribution in [-0.4, -0.2) is 39.2 Å². The second-order valence-electron chi connectivity index (χ2n) is 9.31. The van der Waals surface area contributed by atoms with Crippen LogP contribution in [0.25, 0.3) is 21.8 Å². The average molecular weight is 483 g/mol. The Kier molecular flexibility index (Phi) is 5.06. The van der Waals surface area contributed by atoms with Gasteiger partial charge in [0.05, 0.1) is 46.4 Å². The number of ether oxygens (including phenoxy) is 1. The number of nitrogens with two attached hydrogens (primary N) is 1. The molecule has 5 rings (SSSR count). The Labute approximate surface area is 199 Å². The molecule has 1 aliphatic rings. The van der Waals surface area contributed by atoms with E-state index in [4.69, 9.17) is 10.5 Å². The molecule has 0 bridgehead atoms. The minimum absolute atomic E-state index is 0.158. The lowest BCUT2D eigenvalue weighted by atomic mass is 9.85. The lowest BCUT2D eigenvalue weighted by Gasteiger charge is -2.41. The van der Waals surface area contributed by atoms with Crippen LogP contribution in [0.1, 0.15) is 46.9 Å². The molecule has 10 heteroatoms. The van der Waals surface area contributed by atoms with Crippen molar-refractivity contribution in [3.63, 3.8) is 0 Å². The number of fused-ring (bicyclic) bond motifs is 4. The summed E-state index contributed by atoms with van der Waals surface area (Å²) < 4.78 is 47.7. The van der Waals surface area contributed by atoms with Crippen LogP contribution in [-0.2, 0) is 23.6 Å². The molecule has 0 fully saturated rings. The van der Waals surface area contributed by atoms with Crippen LogP contribution < -0.4 is 5.73 Å². The van der Waals surface area contributed by atoms with E-state index >= 15 is 0 Å². The number of benzene rings is 2. The molecular formula is C25H24F3N5O2. The third-order valence-corrected chi connectivity index (χ3v) is 6.73. The van der Waals surface area contributed by atoms with Gasteiger partial charge < -0.3 is 15.4 Å². The third kappa shape index (κ3) is 3.68. The largest absolute Gasteiger partial charge is 0.416 e. The molecule has 0 saturated heterocycles. The van der Waals surface area contributed by atoms with Crippen LogP contribution in [0.15, 0.2) is 42.6 Å². The van der Waals surface area contributed by atoms with E-state index in [1.54, 1.807) is 57.0 Å². The first-order chi connectivity index (χ1) is 16.4. The molecule has 0 unspecified atom stereocenters. The molecule has 182 valence electrons. The second kappa shape index (κ2) is 7.67. The fourth-order valence-corrected chi connectivity index (χ4v) is 4.76. The molecule has 0 saturated carbocycles. The molecule has 1 amide bonds. The topological polar surface area (TPSA) is 86.3 Å². The van der Waals surface area contributed by atoms with Crippen molar-refractivity contribution in [2.75, 3.05) is 19.4 Å². The monoisotopic (exact) mass is 483 g/mol. The van der Waals surface area contributed by atoms with E-state index in [1.807, 2.05) is 0 Å². The van der Waals surface area contributed by atoms with Crippen molar-refractivity contribution in [3.05, 3.63) is 64.8 Å². The zero-order valence-electron chi connectivity index (χ0n) is 19.6. The molecule has 0 spiro atoms. The summed E-state index contributed by atoms with van der Waals surface area (Å²) in [5.74, 6) is 0.0618. The first kappa shape index (κ1) is 23.1. The van der Waals surface area contributed by atoms with Crippen LogP contribution in [0, 0.1) is 0 Å². The summed E-state index contributed by atoms with van der Waals surface area (Å²) in [7, 11) is 3.41. The molecule has 2 N–H and O–H groups in total. The summed E-state index contributed by atoms with van der Waals surface area (Å²) >= 11 is 0. The van der Waals surface area contributed by atoms with Crippen molar-refractivity contribution in [2.45, 2.75) is 31.7 Å². The molecule has 35 heavy (non-hydrogen) atoms. The maximum Gasteiger partial charge on any atom is 0.416 e. The van der Waals surface area contributed by atoms with E-state index in [9.17, 15) is 18.0 Å². The second-order valence-corrected chi connectivity index (χ2v) is 9.31. The van der Waals surface area contributed by atoms with Gasteiger partial charge in [-0.15, -0.1) is 0 Å². The SMILES string of the molecule is CN(C(=O)c1ccc2nc(N)c3cnn(C)c3c2c1)[C@@H]1COC(C)(C)c2cc(C(F)(F)F)ccc21. The summed E-state index contributed by atoms with van der Waals surface area (Å²) in [6.45, 7) is 3.61. The fourth-order valence-electron chi connectivity index (χ4n) is 4.76. The Morgan fingerprint density at radius 1 is 1.20 bits per heavy atom. The number of aromatic nitrogens is 3. The molecule has 1 atom stereocenters. The number of nitrogen functional groups attached to an aromatic ring is 1. The highest BCUT2D eigenvalue weighted by molar-refractivity contribution is 6.10. The molecule has 2 aromatic heterocycles. The van der Waals surface area contributed by atoms with Crippen molar-refractivity contribution >= 4 is 33.5 Å². The first-order valence-electron chi connectivity index (χ1n) is 11.0. The summed E-state index contributed by atoms with van der Waals surface area (Å²) in [5.41, 5.74) is 7.24. The maximum atomic E-state index is 13.5. The quantitative estimate of drug-likeness (QED) is 0.443. The first-order valence-corrected chi connectivity index (χ1v) is 11.0. The van der Waals surface area contributed by atoms with Gasteiger partial charge in [-0.05, 0) is 55.3 Å². The lowest BCUT2D eigenvalue weighted by molar-refractivity contribution is -0.138. The van der Waals surface area contributed by atoms with Gasteiger partial charge in [-0.2, -0.15) is 18.3 Å². The number of anilines is 1. The number of carbonyl (C=O) groups is 1. The maximum absolute atomic E-state index is 13.5. The van der Waals surface area contributed by atoms with Gasteiger partial charge in [0.1, 0.15) is 5.82 Å². The molecule has 0 aliphatic carbocycles. The molecule has 0 radical (unpaired) electrons. The zero-order chi connectivity index (χ0) is 25.3. The van der Waals surface area contributed by atoms with E-state index in [0.717, 1.165) is 23.0 Å². The van der Waals surface area contributed by atoms with Gasteiger partial charge in [-0.1, -0.05) is 6.07 Å². The molecular weight excluding hydrogens is 459 g/mol. The minimum Gasteiger partial charge on any atom is -0.383 e. The standard InChI is InChI=1S/C25H24F3N5O2/c1-24(2)18-10-14(25(26,27)28)6-7-15(18)20(12-35-24)32(3)23(34)13-5-8-19-16(9-13)21-17(22(29)31-19)11-30-33(21)4/h5-11,20H,12H2,1-4H3,(H2,29,31)/t20-/m1/s1. The number of rotatable bonds is 2. The van der Waals surface area contributed by atoms with Gasteiger partial charge in [0, 0.05) is 25.0 Å². The number of likely N-dealkylation sites (N-methyl/N-ethyl adjacent to an activating group) is 1. The van der Waals surface area contributed by atoms with Crippen LogP contribution in [0.2, 0.25) is 0 Å². The van der Waals surface area contributed by atoms with Crippen LogP contribution >= 0.6 is 0 Å². The number of aryl methyl sites for hydroxylation is 1. The van der Waals surface area contributed by atoms with E-state index < -0.39 is 23.4 Å². The van der Waals surface area contributed by atoms with Crippen molar-refractivity contribution in [1.29, 1.82) is 0 Å². The zero-order valence-corrected chi connectivity index (χ0v) is 19.6. The minimum atomic E-state index is -4.47. The van der Waals surface area contributed by atoms with Gasteiger partial charge in [-0.25, -0.2) is 4.98 Å². The fraction of sp³-hybridized carbons (Fsp3) is 0.320. The Hall–Kier alpha value is -3.66. The highest BCUT2D eigenvalue weighted by atomic mass is 19.4. The van der Waals surface area contributed by atoms with E-state index in [1.165, 1.54) is 11.0 Å². The number of halogens is 3. The number of nitrogens with zero attached hydrogens (tertiary/aromatic N) is 4. The van der Waals surface area contributed by atoms with Gasteiger partial charge in [0.2, 0.25) is 0 Å². The Balaban J connectivity index is 1.55. The summed E-state index contributed by atoms with van der Waals surface area (Å²) in [6, 6.07) is 8.20. The number of pyridine rings is 1. The molecule has 7 nitrogen and oxygen atoms in total. The predicted molar refractivity (Wildman–Crippen MR) is 126 cm³/mol. The van der Waals surface area contributed by atoms with E-state index in [2.05, 4.69) is 10.1 Å². The highest BCUT2D eigenvalue weighted by Gasteiger charge is 2.39. The van der Waals surface area contributed by atoms with Crippen LogP contribution in [0.3, 0.4) is 0 Å². The predicted octanol–water partition coefficient (Wildman–Crippen LogP) is 4.80. The molecule has 2 aromatic carbocycles. The summed E-state index contributed by atoms with van der Waals surface area (Å²) in [5, 5.41) is 5.67. The number of hydrogen-bond donors (Lipinski definition) is 1. The molecule has 1 aliphatic heterocycles. The molecule has 4 aromatic rings. The summed E-state index contributed by atoms with van der Waals surface area (Å²) in [6.07, 6.45) is -2.84. The summed E-state index contributed by atoms with van der Waals surface area (Å²) in [4.78, 5) is 19.5. The smallest absolute Gasteiger partial charge is 0.383 e. The number of hydrogen-bond acceptors (Lipinski definition) is 5. The highest BCUT2D eigenvalue weighted by Crippen LogP contribution is 2.42.